The van der Waals surface area contributed by atoms with E-state index in [1.807, 2.05) is 18.7 Å². The number of amidine groups is 1. The molecule has 1 aliphatic carbocycles. The molecule has 1 atom stereocenters. The molecule has 2 aliphatic rings. The third-order valence-electron chi connectivity index (χ3n) is 5.61. The first-order valence-corrected chi connectivity index (χ1v) is 12.9. The van der Waals surface area contributed by atoms with E-state index in [-0.39, 0.29) is 24.1 Å². The van der Waals surface area contributed by atoms with Gasteiger partial charge in [0, 0.05) is 35.6 Å². The number of carbonyl (C=O) groups excluding carboxylic acids is 3. The number of nitrogens with zero attached hydrogens (tertiary/aromatic N) is 3. The number of aliphatic imine (C=N–C) groups is 1. The van der Waals surface area contributed by atoms with Crippen LogP contribution in [-0.2, 0) is 22.4 Å². The average Bonchev–Trinajstić information content (AvgIpc) is 3.37. The molecule has 10 heteroatoms. The van der Waals surface area contributed by atoms with Gasteiger partial charge in [0.2, 0.25) is 5.91 Å². The van der Waals surface area contributed by atoms with Crippen LogP contribution in [0, 0.1) is 0 Å². The summed E-state index contributed by atoms with van der Waals surface area (Å²) in [4.78, 5) is 49.4. The minimum atomic E-state index is -0.525. The van der Waals surface area contributed by atoms with Crippen molar-refractivity contribution in [1.82, 2.24) is 9.88 Å². The summed E-state index contributed by atoms with van der Waals surface area (Å²) < 4.78 is 0. The van der Waals surface area contributed by atoms with Crippen molar-refractivity contribution in [1.29, 1.82) is 0 Å². The third-order valence-corrected chi connectivity index (χ3v) is 7.89. The van der Waals surface area contributed by atoms with Crippen molar-refractivity contribution < 1.29 is 14.4 Å². The van der Waals surface area contributed by atoms with Gasteiger partial charge < -0.3 is 10.2 Å². The van der Waals surface area contributed by atoms with E-state index in [0.29, 0.717) is 21.6 Å². The molecular weight excluding hydrogens is 458 g/mol. The molecule has 33 heavy (non-hydrogen) atoms. The summed E-state index contributed by atoms with van der Waals surface area (Å²) in [5, 5.41) is 6.43. The van der Waals surface area contributed by atoms with Crippen molar-refractivity contribution >= 4 is 56.8 Å². The van der Waals surface area contributed by atoms with E-state index in [4.69, 9.17) is 0 Å². The molecular formula is C23H27N5O3S2. The summed E-state index contributed by atoms with van der Waals surface area (Å²) in [5.74, 6) is -0.839. The van der Waals surface area contributed by atoms with Crippen LogP contribution in [0.2, 0.25) is 0 Å². The Bertz CT molecular complexity index is 1070. The Kier molecular flexibility index (Phi) is 7.44. The minimum Gasteiger partial charge on any atom is -0.352 e. The Morgan fingerprint density at radius 2 is 1.94 bits per heavy atom. The number of anilines is 2. The number of benzene rings is 1. The Morgan fingerprint density at radius 3 is 2.70 bits per heavy atom. The fourth-order valence-corrected chi connectivity index (χ4v) is 6.07. The van der Waals surface area contributed by atoms with Gasteiger partial charge >= 0.3 is 0 Å². The molecule has 0 spiro atoms. The predicted octanol–water partition coefficient (Wildman–Crippen LogP) is 3.94. The molecule has 1 unspecified atom stereocenters. The van der Waals surface area contributed by atoms with Crippen molar-refractivity contribution in [2.24, 2.45) is 4.99 Å². The van der Waals surface area contributed by atoms with Crippen LogP contribution in [0.3, 0.4) is 0 Å². The van der Waals surface area contributed by atoms with Crippen molar-refractivity contribution in [3.8, 4) is 0 Å². The lowest BCUT2D eigenvalue weighted by atomic mass is 10.0. The second-order valence-corrected chi connectivity index (χ2v) is 10.1. The number of thiazole rings is 1. The van der Waals surface area contributed by atoms with Crippen LogP contribution in [-0.4, -0.2) is 51.1 Å². The molecule has 0 radical (unpaired) electrons. The maximum Gasteiger partial charge on any atom is 0.262 e. The second-order valence-electron chi connectivity index (χ2n) is 7.89. The van der Waals surface area contributed by atoms with E-state index in [9.17, 15) is 14.4 Å². The molecule has 2 N–H and O–H groups in total. The molecule has 3 amide bonds. The number of fused-ring (bicyclic) bond motifs is 1. The number of amides is 3. The fourth-order valence-electron chi connectivity index (χ4n) is 3.83. The maximum atomic E-state index is 12.7. The zero-order valence-electron chi connectivity index (χ0n) is 18.7. The van der Waals surface area contributed by atoms with Crippen LogP contribution in [0.15, 0.2) is 29.3 Å². The number of aromatic nitrogens is 1. The minimum absolute atomic E-state index is 0.0266. The number of rotatable bonds is 7. The van der Waals surface area contributed by atoms with Gasteiger partial charge in [-0.25, -0.2) is 4.98 Å². The lowest BCUT2D eigenvalue weighted by molar-refractivity contribution is -0.121. The van der Waals surface area contributed by atoms with E-state index in [1.54, 1.807) is 24.3 Å². The molecule has 4 rings (SSSR count). The number of aryl methyl sites for hydroxylation is 2. The molecule has 8 nitrogen and oxygen atoms in total. The molecule has 0 fully saturated rings. The summed E-state index contributed by atoms with van der Waals surface area (Å²) in [5.41, 5.74) is 2.03. The van der Waals surface area contributed by atoms with Crippen molar-refractivity contribution in [3.05, 3.63) is 40.4 Å². The van der Waals surface area contributed by atoms with E-state index >= 15 is 0 Å². The largest absolute Gasteiger partial charge is 0.352 e. The van der Waals surface area contributed by atoms with Gasteiger partial charge in [0.25, 0.3) is 11.8 Å². The number of hydrogen-bond donors (Lipinski definition) is 2. The van der Waals surface area contributed by atoms with Gasteiger partial charge in [-0.15, -0.1) is 11.3 Å². The molecule has 1 aromatic heterocycles. The number of hydrogen-bond acceptors (Lipinski definition) is 7. The van der Waals surface area contributed by atoms with Gasteiger partial charge in [0.15, 0.2) is 10.3 Å². The zero-order valence-corrected chi connectivity index (χ0v) is 20.4. The van der Waals surface area contributed by atoms with Gasteiger partial charge in [-0.05, 0) is 57.7 Å². The quantitative estimate of drug-likeness (QED) is 0.616. The van der Waals surface area contributed by atoms with Crippen LogP contribution < -0.4 is 10.6 Å². The molecule has 0 bridgehead atoms. The molecule has 0 saturated heterocycles. The smallest absolute Gasteiger partial charge is 0.262 e. The summed E-state index contributed by atoms with van der Waals surface area (Å²) in [7, 11) is 0. The van der Waals surface area contributed by atoms with Gasteiger partial charge in [0.05, 0.1) is 5.69 Å². The maximum absolute atomic E-state index is 12.7. The SMILES string of the molecule is CCN(CC)C1=NC(=O)C(CC(=O)Nc2cccc(C(=O)Nc3nc4c(s3)CCCC4)c2)S1. The first-order valence-electron chi connectivity index (χ1n) is 11.2. The highest BCUT2D eigenvalue weighted by atomic mass is 32.2. The van der Waals surface area contributed by atoms with Crippen LogP contribution in [0.4, 0.5) is 10.8 Å². The van der Waals surface area contributed by atoms with Crippen LogP contribution in [0.1, 0.15) is 54.0 Å². The normalized spacial score (nSPS) is 17.3. The number of carbonyl (C=O) groups is 3. The highest BCUT2D eigenvalue weighted by Gasteiger charge is 2.32. The third kappa shape index (κ3) is 5.62. The Hall–Kier alpha value is -2.72. The second kappa shape index (κ2) is 10.5. The molecule has 174 valence electrons. The topological polar surface area (TPSA) is 104 Å². The van der Waals surface area contributed by atoms with E-state index in [1.165, 1.54) is 28.0 Å². The number of nitrogens with one attached hydrogen (secondary N) is 2. The Labute approximate surface area is 201 Å². The lowest BCUT2D eigenvalue weighted by Gasteiger charge is -2.19. The highest BCUT2D eigenvalue weighted by Crippen LogP contribution is 2.30. The van der Waals surface area contributed by atoms with Gasteiger partial charge in [-0.2, -0.15) is 4.99 Å². The molecule has 2 heterocycles. The Balaban J connectivity index is 1.34. The molecule has 1 aromatic carbocycles. The average molecular weight is 486 g/mol. The Morgan fingerprint density at radius 1 is 1.15 bits per heavy atom. The zero-order chi connectivity index (χ0) is 23.4. The van der Waals surface area contributed by atoms with Crippen molar-refractivity contribution in [2.45, 2.75) is 51.2 Å². The first-order chi connectivity index (χ1) is 16.0. The van der Waals surface area contributed by atoms with E-state index in [0.717, 1.165) is 44.5 Å². The van der Waals surface area contributed by atoms with Crippen LogP contribution in [0.25, 0.3) is 0 Å². The lowest BCUT2D eigenvalue weighted by Crippen LogP contribution is -2.27. The van der Waals surface area contributed by atoms with Gasteiger partial charge in [0.1, 0.15) is 5.25 Å². The molecule has 1 aliphatic heterocycles. The van der Waals surface area contributed by atoms with Gasteiger partial charge in [-0.3, -0.25) is 19.7 Å². The standard InChI is InChI=1S/C23H27N5O3S2/c1-3-28(4-2)23-27-21(31)18(33-23)13-19(29)24-15-9-7-8-14(12-15)20(30)26-22-25-16-10-5-6-11-17(16)32-22/h7-9,12,18H,3-6,10-11,13H2,1-2H3,(H,24,29)(H,25,26,30). The first kappa shape index (κ1) is 23.4. The fraction of sp³-hybridized carbons (Fsp3) is 0.435. The molecule has 0 saturated carbocycles. The van der Waals surface area contributed by atoms with E-state index < -0.39 is 5.25 Å². The number of thioether (sulfide) groups is 1. The van der Waals surface area contributed by atoms with Crippen molar-refractivity contribution in [3.63, 3.8) is 0 Å². The highest BCUT2D eigenvalue weighted by molar-refractivity contribution is 8.15. The van der Waals surface area contributed by atoms with Crippen molar-refractivity contribution in [2.75, 3.05) is 23.7 Å². The summed E-state index contributed by atoms with van der Waals surface area (Å²) in [6, 6.07) is 6.76. The van der Waals surface area contributed by atoms with Crippen LogP contribution in [0.5, 0.6) is 0 Å². The predicted molar refractivity (Wildman–Crippen MR) is 133 cm³/mol. The molecule has 2 aromatic rings. The summed E-state index contributed by atoms with van der Waals surface area (Å²) in [6.45, 7) is 5.52. The monoisotopic (exact) mass is 485 g/mol. The summed E-state index contributed by atoms with van der Waals surface area (Å²) >= 11 is 2.87. The van der Waals surface area contributed by atoms with E-state index in [2.05, 4.69) is 20.6 Å². The van der Waals surface area contributed by atoms with Crippen LogP contribution >= 0.6 is 23.1 Å². The van der Waals surface area contributed by atoms with Gasteiger partial charge in [-0.1, -0.05) is 17.8 Å². The summed E-state index contributed by atoms with van der Waals surface area (Å²) in [6.07, 6.45) is 4.32.